The van der Waals surface area contributed by atoms with Gasteiger partial charge < -0.3 is 5.73 Å². The molecule has 0 aliphatic heterocycles. The van der Waals surface area contributed by atoms with Gasteiger partial charge in [-0.1, -0.05) is 35.0 Å². The van der Waals surface area contributed by atoms with E-state index in [4.69, 9.17) is 5.73 Å². The monoisotopic (exact) mass is 293 g/mol. The van der Waals surface area contributed by atoms with E-state index < -0.39 is 0 Å². The van der Waals surface area contributed by atoms with Crippen molar-refractivity contribution in [1.29, 1.82) is 0 Å². The van der Waals surface area contributed by atoms with Crippen molar-refractivity contribution in [2.24, 2.45) is 0 Å². The number of aromatic nitrogens is 2. The molecule has 0 bridgehead atoms. The molecule has 90 valence electrons. The quantitative estimate of drug-likeness (QED) is 0.941. The number of aryl methyl sites for hydroxylation is 1. The van der Waals surface area contributed by atoms with Gasteiger partial charge in [-0.2, -0.15) is 5.10 Å². The molecule has 2 aromatic rings. The summed E-state index contributed by atoms with van der Waals surface area (Å²) in [6.07, 6.45) is 0.965. The van der Waals surface area contributed by atoms with Gasteiger partial charge >= 0.3 is 0 Å². The van der Waals surface area contributed by atoms with Crippen molar-refractivity contribution in [3.05, 3.63) is 46.1 Å². The molecule has 0 fully saturated rings. The molecule has 0 saturated heterocycles. The minimum atomic E-state index is 0.205. The molecule has 0 amide bonds. The van der Waals surface area contributed by atoms with Crippen LogP contribution in [-0.2, 0) is 0 Å². The third-order valence-electron chi connectivity index (χ3n) is 2.82. The zero-order valence-electron chi connectivity index (χ0n) is 10.0. The van der Waals surface area contributed by atoms with E-state index in [1.807, 2.05) is 29.8 Å². The minimum absolute atomic E-state index is 0.205. The third kappa shape index (κ3) is 2.52. The molecule has 1 aromatic carbocycles. The maximum absolute atomic E-state index is 5.98. The second kappa shape index (κ2) is 4.92. The van der Waals surface area contributed by atoms with Gasteiger partial charge in [0.05, 0.1) is 11.7 Å². The van der Waals surface area contributed by atoms with Gasteiger partial charge in [0.25, 0.3) is 0 Å². The van der Waals surface area contributed by atoms with Crippen molar-refractivity contribution >= 4 is 21.7 Å². The number of nitrogens with two attached hydrogens (primary N) is 1. The van der Waals surface area contributed by atoms with Crippen molar-refractivity contribution < 1.29 is 0 Å². The molecular weight excluding hydrogens is 278 g/mol. The van der Waals surface area contributed by atoms with Gasteiger partial charge in [0.2, 0.25) is 0 Å². The van der Waals surface area contributed by atoms with E-state index in [1.54, 1.807) is 0 Å². The summed E-state index contributed by atoms with van der Waals surface area (Å²) in [6.45, 7) is 4.10. The van der Waals surface area contributed by atoms with Gasteiger partial charge in [-0.05, 0) is 31.0 Å². The number of rotatable bonds is 3. The first kappa shape index (κ1) is 12.2. The summed E-state index contributed by atoms with van der Waals surface area (Å²) in [6, 6.07) is 10.4. The molecule has 2 N–H and O–H groups in total. The van der Waals surface area contributed by atoms with Crippen LogP contribution in [0.25, 0.3) is 0 Å². The van der Waals surface area contributed by atoms with E-state index in [0.29, 0.717) is 0 Å². The van der Waals surface area contributed by atoms with Gasteiger partial charge in [-0.3, -0.25) is 0 Å². The normalized spacial score (nSPS) is 12.6. The van der Waals surface area contributed by atoms with Crippen molar-refractivity contribution in [3.8, 4) is 0 Å². The Labute approximate surface area is 110 Å². The van der Waals surface area contributed by atoms with Gasteiger partial charge in [0, 0.05) is 10.5 Å². The van der Waals surface area contributed by atoms with Crippen molar-refractivity contribution in [3.63, 3.8) is 0 Å². The first-order valence-corrected chi connectivity index (χ1v) is 6.48. The molecule has 0 spiro atoms. The van der Waals surface area contributed by atoms with E-state index in [0.717, 1.165) is 22.4 Å². The Hall–Kier alpha value is -1.29. The van der Waals surface area contributed by atoms with Crippen LogP contribution < -0.4 is 5.73 Å². The molecule has 0 radical (unpaired) electrons. The Morgan fingerprint density at radius 3 is 2.47 bits per heavy atom. The van der Waals surface area contributed by atoms with Crippen LogP contribution in [0.15, 0.2) is 34.8 Å². The molecule has 3 nitrogen and oxygen atoms in total. The fourth-order valence-corrected chi connectivity index (χ4v) is 2.29. The summed E-state index contributed by atoms with van der Waals surface area (Å²) < 4.78 is 2.99. The van der Waals surface area contributed by atoms with Crippen molar-refractivity contribution in [2.75, 3.05) is 5.73 Å². The smallest absolute Gasteiger partial charge is 0.122 e. The molecule has 0 aliphatic carbocycles. The molecule has 0 saturated carbocycles. The van der Waals surface area contributed by atoms with E-state index >= 15 is 0 Å². The molecule has 4 heteroatoms. The van der Waals surface area contributed by atoms with Crippen molar-refractivity contribution in [1.82, 2.24) is 9.78 Å². The molecule has 0 aliphatic rings. The summed E-state index contributed by atoms with van der Waals surface area (Å²) in [5, 5.41) is 4.46. The maximum atomic E-state index is 5.98. The molecule has 17 heavy (non-hydrogen) atoms. The van der Waals surface area contributed by atoms with E-state index in [-0.39, 0.29) is 6.04 Å². The zero-order chi connectivity index (χ0) is 12.4. The number of nitrogen functional groups attached to an aromatic ring is 1. The van der Waals surface area contributed by atoms with Gasteiger partial charge in [0.15, 0.2) is 0 Å². The summed E-state index contributed by atoms with van der Waals surface area (Å²) in [5.41, 5.74) is 8.16. The number of anilines is 1. The highest BCUT2D eigenvalue weighted by Crippen LogP contribution is 2.25. The maximum Gasteiger partial charge on any atom is 0.122 e. The summed E-state index contributed by atoms with van der Waals surface area (Å²) in [4.78, 5) is 0. The lowest BCUT2D eigenvalue weighted by atomic mass is 10.1. The molecule has 1 unspecified atom stereocenters. The Kier molecular flexibility index (Phi) is 3.52. The lowest BCUT2D eigenvalue weighted by Crippen LogP contribution is -2.13. The highest BCUT2D eigenvalue weighted by Gasteiger charge is 2.15. The largest absolute Gasteiger partial charge is 0.384 e. The van der Waals surface area contributed by atoms with Crippen LogP contribution in [0.4, 0.5) is 5.82 Å². The van der Waals surface area contributed by atoms with Crippen LogP contribution in [0, 0.1) is 6.92 Å². The average Bonchev–Trinajstić information content (AvgIpc) is 2.62. The number of halogens is 1. The zero-order valence-corrected chi connectivity index (χ0v) is 11.6. The van der Waals surface area contributed by atoms with Crippen LogP contribution in [-0.4, -0.2) is 9.78 Å². The Balaban J connectivity index is 2.39. The fourth-order valence-electron chi connectivity index (χ4n) is 2.02. The summed E-state index contributed by atoms with van der Waals surface area (Å²) in [5.74, 6) is 0.720. The van der Waals surface area contributed by atoms with Crippen LogP contribution >= 0.6 is 15.9 Å². The first-order valence-electron chi connectivity index (χ1n) is 5.69. The average molecular weight is 294 g/mol. The third-order valence-corrected chi connectivity index (χ3v) is 3.35. The lowest BCUT2D eigenvalue weighted by molar-refractivity contribution is 0.513. The molecular formula is C13H16BrN3. The minimum Gasteiger partial charge on any atom is -0.384 e. The van der Waals surface area contributed by atoms with E-state index in [2.05, 4.69) is 40.1 Å². The molecule has 2 rings (SSSR count). The molecule has 1 atom stereocenters. The summed E-state index contributed by atoms with van der Waals surface area (Å²) in [7, 11) is 0. The van der Waals surface area contributed by atoms with Crippen LogP contribution in [0.1, 0.15) is 30.6 Å². The van der Waals surface area contributed by atoms with Gasteiger partial charge in [-0.25, -0.2) is 4.68 Å². The molecule has 1 heterocycles. The standard InChI is InChI=1S/C13H16BrN3/c1-3-12(10-4-6-11(14)7-5-10)17-13(15)8-9(2)16-17/h4-8,12H,3,15H2,1-2H3. The Morgan fingerprint density at radius 2 is 2.00 bits per heavy atom. The van der Waals surface area contributed by atoms with Crippen molar-refractivity contribution in [2.45, 2.75) is 26.3 Å². The Morgan fingerprint density at radius 1 is 1.35 bits per heavy atom. The highest BCUT2D eigenvalue weighted by atomic mass is 79.9. The van der Waals surface area contributed by atoms with Crippen LogP contribution in [0.5, 0.6) is 0 Å². The number of hydrogen-bond acceptors (Lipinski definition) is 2. The fraction of sp³-hybridized carbons (Fsp3) is 0.308. The van der Waals surface area contributed by atoms with Crippen LogP contribution in [0.3, 0.4) is 0 Å². The SMILES string of the molecule is CCC(c1ccc(Br)cc1)n1nc(C)cc1N. The van der Waals surface area contributed by atoms with Crippen LogP contribution in [0.2, 0.25) is 0 Å². The number of nitrogens with zero attached hydrogens (tertiary/aromatic N) is 2. The topological polar surface area (TPSA) is 43.8 Å². The summed E-state index contributed by atoms with van der Waals surface area (Å²) >= 11 is 3.44. The number of benzene rings is 1. The molecule has 1 aromatic heterocycles. The van der Waals surface area contributed by atoms with Gasteiger partial charge in [-0.15, -0.1) is 0 Å². The second-order valence-electron chi connectivity index (χ2n) is 4.13. The first-order chi connectivity index (χ1) is 8.11. The van der Waals surface area contributed by atoms with Gasteiger partial charge in [0.1, 0.15) is 5.82 Å². The predicted octanol–water partition coefficient (Wildman–Crippen LogP) is 3.54. The second-order valence-corrected chi connectivity index (χ2v) is 5.05. The lowest BCUT2D eigenvalue weighted by Gasteiger charge is -2.17. The predicted molar refractivity (Wildman–Crippen MR) is 73.9 cm³/mol. The Bertz CT molecular complexity index is 502. The van der Waals surface area contributed by atoms with E-state index in [9.17, 15) is 0 Å². The number of hydrogen-bond donors (Lipinski definition) is 1. The van der Waals surface area contributed by atoms with E-state index in [1.165, 1.54) is 5.56 Å². The highest BCUT2D eigenvalue weighted by molar-refractivity contribution is 9.10.